The number of aromatic nitrogens is 1. The fourth-order valence-corrected chi connectivity index (χ4v) is 4.23. The van der Waals surface area contributed by atoms with E-state index in [1.54, 1.807) is 24.3 Å². The van der Waals surface area contributed by atoms with E-state index in [0.29, 0.717) is 44.8 Å². The molecule has 5 rings (SSSR count). The molecule has 0 atom stereocenters. The Bertz CT molecular complexity index is 1550. The van der Waals surface area contributed by atoms with E-state index in [9.17, 15) is 40.9 Å². The molecule has 9 N–H and O–H groups in total. The molecule has 0 radical (unpaired) electrons. The summed E-state index contributed by atoms with van der Waals surface area (Å²) >= 11 is 0. The van der Waals surface area contributed by atoms with Crippen molar-refractivity contribution in [3.05, 3.63) is 72.8 Å². The fraction of sp³-hybridized carbons (Fsp3) is 0. The lowest BCUT2D eigenvalue weighted by Gasteiger charge is -2.12. The number of benzene rings is 4. The van der Waals surface area contributed by atoms with E-state index in [1.807, 2.05) is 0 Å². The van der Waals surface area contributed by atoms with Gasteiger partial charge in [0.15, 0.2) is 46.0 Å². The van der Waals surface area contributed by atoms with Gasteiger partial charge in [-0.1, -0.05) is 12.1 Å². The van der Waals surface area contributed by atoms with E-state index in [4.69, 9.17) is 0 Å². The Kier molecular flexibility index (Phi) is 5.45. The molecule has 0 amide bonds. The zero-order valence-corrected chi connectivity index (χ0v) is 19.0. The highest BCUT2D eigenvalue weighted by Gasteiger charge is 2.25. The zero-order valence-electron chi connectivity index (χ0n) is 19.0. The summed E-state index contributed by atoms with van der Waals surface area (Å²) in [6.07, 6.45) is 0. The van der Waals surface area contributed by atoms with E-state index in [2.05, 4.69) is 4.98 Å². The molecule has 0 fully saturated rings. The van der Waals surface area contributed by atoms with Crippen molar-refractivity contribution in [1.82, 2.24) is 4.98 Å². The molecule has 0 aliphatic carbocycles. The third-order valence-corrected chi connectivity index (χ3v) is 6.06. The largest absolute Gasteiger partial charge is 0.504 e. The average molecular weight is 499 g/mol. The molecule has 1 aromatic heterocycles. The van der Waals surface area contributed by atoms with Crippen LogP contribution in [0, 0.1) is 0 Å². The Morgan fingerprint density at radius 3 is 0.892 bits per heavy atom. The highest BCUT2D eigenvalue weighted by atomic mass is 16.3. The monoisotopic (exact) mass is 499 g/mol. The first kappa shape index (κ1) is 23.3. The van der Waals surface area contributed by atoms with E-state index >= 15 is 0 Å². The van der Waals surface area contributed by atoms with Crippen LogP contribution in [-0.4, -0.2) is 45.8 Å². The second-order valence-electron chi connectivity index (χ2n) is 8.44. The van der Waals surface area contributed by atoms with Gasteiger partial charge in [0.2, 0.25) is 0 Å². The molecule has 37 heavy (non-hydrogen) atoms. The number of phenols is 8. The molecule has 186 valence electrons. The van der Waals surface area contributed by atoms with Crippen LogP contribution in [0.1, 0.15) is 0 Å². The molecule has 9 nitrogen and oxygen atoms in total. The molecule has 4 aromatic carbocycles. The van der Waals surface area contributed by atoms with Gasteiger partial charge in [-0.15, -0.1) is 0 Å². The molecule has 0 spiro atoms. The quantitative estimate of drug-likeness (QED) is 0.149. The summed E-state index contributed by atoms with van der Waals surface area (Å²) in [6.45, 7) is 0. The van der Waals surface area contributed by atoms with Gasteiger partial charge in [0.05, 0.1) is 11.4 Å². The number of aromatic amines is 1. The standard InChI is InChI=1S/C28H21NO8/c30-17-5-1-13(9-21(17)34)25-26(14-2-6-18(31)22(35)10-14)28(16-4-8-20(33)24(37)12-16)29-27(25)15-3-7-19(32)23(36)11-15/h1-12,29-37H. The number of aromatic hydroxyl groups is 8. The first-order chi connectivity index (χ1) is 17.6. The molecular formula is C28H21NO8. The van der Waals surface area contributed by atoms with Crippen molar-refractivity contribution in [1.29, 1.82) is 0 Å². The minimum absolute atomic E-state index is 0.327. The lowest BCUT2D eigenvalue weighted by Crippen LogP contribution is -1.87. The predicted molar refractivity (Wildman–Crippen MR) is 136 cm³/mol. The Balaban J connectivity index is 1.93. The van der Waals surface area contributed by atoms with Gasteiger partial charge < -0.3 is 45.8 Å². The second-order valence-corrected chi connectivity index (χ2v) is 8.44. The van der Waals surface area contributed by atoms with Crippen LogP contribution < -0.4 is 0 Å². The number of hydrogen-bond acceptors (Lipinski definition) is 8. The van der Waals surface area contributed by atoms with Gasteiger partial charge in [0.1, 0.15) is 0 Å². The van der Waals surface area contributed by atoms with Gasteiger partial charge in [0.25, 0.3) is 0 Å². The van der Waals surface area contributed by atoms with Crippen LogP contribution in [-0.2, 0) is 0 Å². The number of rotatable bonds is 4. The minimum Gasteiger partial charge on any atom is -0.504 e. The van der Waals surface area contributed by atoms with Crippen LogP contribution in [0.25, 0.3) is 44.8 Å². The highest BCUT2D eigenvalue weighted by molar-refractivity contribution is 6.02. The zero-order chi connectivity index (χ0) is 26.4. The van der Waals surface area contributed by atoms with Gasteiger partial charge in [-0.3, -0.25) is 0 Å². The Hall–Kier alpha value is -5.44. The van der Waals surface area contributed by atoms with Crippen LogP contribution in [0.5, 0.6) is 46.0 Å². The third kappa shape index (κ3) is 4.04. The summed E-state index contributed by atoms with van der Waals surface area (Å²) in [5.41, 5.74) is 3.53. The van der Waals surface area contributed by atoms with Crippen LogP contribution in [0.3, 0.4) is 0 Å². The minimum atomic E-state index is -0.387. The fourth-order valence-electron chi connectivity index (χ4n) is 4.23. The molecule has 0 saturated heterocycles. The molecule has 0 bridgehead atoms. The molecule has 1 heterocycles. The van der Waals surface area contributed by atoms with Crippen molar-refractivity contribution >= 4 is 0 Å². The van der Waals surface area contributed by atoms with Crippen molar-refractivity contribution in [3.8, 4) is 90.8 Å². The molecule has 5 aromatic rings. The maximum atomic E-state index is 10.3. The van der Waals surface area contributed by atoms with E-state index < -0.39 is 0 Å². The van der Waals surface area contributed by atoms with Crippen LogP contribution in [0.4, 0.5) is 0 Å². The smallest absolute Gasteiger partial charge is 0.158 e. The Labute approximate surface area is 209 Å². The SMILES string of the molecule is Oc1ccc(-c2[nH]c(-c3ccc(O)c(O)c3)c(-c3ccc(O)c(O)c3)c2-c2ccc(O)c(O)c2)cc1O. The van der Waals surface area contributed by atoms with E-state index in [1.165, 1.54) is 48.5 Å². The summed E-state index contributed by atoms with van der Waals surface area (Å²) < 4.78 is 0. The number of H-pyrrole nitrogens is 1. The van der Waals surface area contributed by atoms with E-state index in [0.717, 1.165) is 0 Å². The normalized spacial score (nSPS) is 11.0. The maximum Gasteiger partial charge on any atom is 0.158 e. The maximum absolute atomic E-state index is 10.3. The van der Waals surface area contributed by atoms with Crippen molar-refractivity contribution in [2.45, 2.75) is 0 Å². The summed E-state index contributed by atoms with van der Waals surface area (Å²) in [5.74, 6) is -2.86. The highest BCUT2D eigenvalue weighted by Crippen LogP contribution is 2.49. The average Bonchev–Trinajstić information content (AvgIpc) is 3.26. The third-order valence-electron chi connectivity index (χ3n) is 6.06. The van der Waals surface area contributed by atoms with Gasteiger partial charge >= 0.3 is 0 Å². The molecule has 0 aliphatic rings. The lowest BCUT2D eigenvalue weighted by molar-refractivity contribution is 0.404. The molecule has 0 aliphatic heterocycles. The van der Waals surface area contributed by atoms with Gasteiger partial charge in [-0.05, 0) is 71.8 Å². The lowest BCUT2D eigenvalue weighted by atomic mass is 9.91. The predicted octanol–water partition coefficient (Wildman–Crippen LogP) is 5.33. The van der Waals surface area contributed by atoms with Gasteiger partial charge in [-0.2, -0.15) is 0 Å². The first-order valence-electron chi connectivity index (χ1n) is 11.0. The number of phenolic OH excluding ortho intramolecular Hbond substituents is 8. The molecule has 9 heteroatoms. The van der Waals surface area contributed by atoms with Crippen LogP contribution in [0.15, 0.2) is 72.8 Å². The van der Waals surface area contributed by atoms with Gasteiger partial charge in [-0.25, -0.2) is 0 Å². The second kappa shape index (κ2) is 8.65. The van der Waals surface area contributed by atoms with Crippen LogP contribution in [0.2, 0.25) is 0 Å². The summed E-state index contributed by atoms with van der Waals surface area (Å²) in [4.78, 5) is 3.27. The summed E-state index contributed by atoms with van der Waals surface area (Å²) in [6, 6.07) is 16.8. The Morgan fingerprint density at radius 1 is 0.324 bits per heavy atom. The van der Waals surface area contributed by atoms with Gasteiger partial charge in [0, 0.05) is 22.3 Å². The first-order valence-corrected chi connectivity index (χ1v) is 11.0. The summed E-state index contributed by atoms with van der Waals surface area (Å²) in [5, 5.41) is 80.4. The van der Waals surface area contributed by atoms with E-state index in [-0.39, 0.29) is 46.0 Å². The Morgan fingerprint density at radius 2 is 0.595 bits per heavy atom. The molecule has 0 saturated carbocycles. The van der Waals surface area contributed by atoms with Crippen molar-refractivity contribution in [2.24, 2.45) is 0 Å². The molecule has 0 unspecified atom stereocenters. The molecular weight excluding hydrogens is 478 g/mol. The van der Waals surface area contributed by atoms with Crippen molar-refractivity contribution in [2.75, 3.05) is 0 Å². The topological polar surface area (TPSA) is 178 Å². The van der Waals surface area contributed by atoms with Crippen LogP contribution >= 0.6 is 0 Å². The van der Waals surface area contributed by atoms with Crippen molar-refractivity contribution < 1.29 is 40.9 Å². The van der Waals surface area contributed by atoms with Crippen molar-refractivity contribution in [3.63, 3.8) is 0 Å². The number of nitrogens with one attached hydrogen (secondary N) is 1. The number of hydrogen-bond donors (Lipinski definition) is 9. The summed E-state index contributed by atoms with van der Waals surface area (Å²) in [7, 11) is 0.